The molecule has 7 nitrogen and oxygen atoms in total. The molecule has 2 N–H and O–H groups in total. The fourth-order valence-corrected chi connectivity index (χ4v) is 3.98. The van der Waals surface area contributed by atoms with E-state index in [1.165, 1.54) is 0 Å². The Labute approximate surface area is 216 Å². The van der Waals surface area contributed by atoms with Crippen LogP contribution in [0.1, 0.15) is 28.4 Å². The number of fused-ring (bicyclic) bond motifs is 1. The summed E-state index contributed by atoms with van der Waals surface area (Å²) in [5.41, 5.74) is 3.26. The number of ether oxygens (including phenoxy) is 3. The lowest BCUT2D eigenvalue weighted by Crippen LogP contribution is -2.36. The van der Waals surface area contributed by atoms with E-state index in [1.54, 1.807) is 44.6 Å². The van der Waals surface area contributed by atoms with Crippen LogP contribution in [0.25, 0.3) is 6.08 Å². The van der Waals surface area contributed by atoms with Crippen molar-refractivity contribution in [2.45, 2.75) is 19.4 Å². The Balaban J connectivity index is 1.53. The standard InChI is InChI=1S/C30H30N2O5/c1-20-24(18-23-11-7-8-12-26(23)37-20)19-25(32-29(33)22-9-5-4-6-10-22)30(34)31-16-15-21-13-14-27(35-2)28(17-21)36-3/h4-14,17-20H,15-16H2,1-3H3,(H,31,34)(H,32,33)/b25-19-/t20-/m1/s1. The Morgan fingerprint density at radius 1 is 0.946 bits per heavy atom. The summed E-state index contributed by atoms with van der Waals surface area (Å²) in [7, 11) is 3.17. The maximum Gasteiger partial charge on any atom is 0.267 e. The first-order valence-corrected chi connectivity index (χ1v) is 12.0. The Morgan fingerprint density at radius 2 is 1.68 bits per heavy atom. The summed E-state index contributed by atoms with van der Waals surface area (Å²) in [5, 5.41) is 5.70. The lowest BCUT2D eigenvalue weighted by Gasteiger charge is -2.23. The van der Waals surface area contributed by atoms with E-state index >= 15 is 0 Å². The van der Waals surface area contributed by atoms with Crippen LogP contribution in [0.5, 0.6) is 17.2 Å². The molecule has 4 rings (SSSR count). The summed E-state index contributed by atoms with van der Waals surface area (Å²) < 4.78 is 16.7. The molecule has 3 aromatic rings. The molecule has 0 aromatic heterocycles. The number of carbonyl (C=O) groups is 2. The highest BCUT2D eigenvalue weighted by Gasteiger charge is 2.21. The molecule has 0 fully saturated rings. The van der Waals surface area contributed by atoms with Crippen LogP contribution in [0.4, 0.5) is 0 Å². The van der Waals surface area contributed by atoms with Crippen LogP contribution in [0.15, 0.2) is 90.1 Å². The molecule has 2 amide bonds. The van der Waals surface area contributed by atoms with E-state index in [4.69, 9.17) is 14.2 Å². The highest BCUT2D eigenvalue weighted by Crippen LogP contribution is 2.30. The van der Waals surface area contributed by atoms with Crippen molar-refractivity contribution >= 4 is 17.9 Å². The van der Waals surface area contributed by atoms with Crippen molar-refractivity contribution in [2.24, 2.45) is 0 Å². The summed E-state index contributed by atoms with van der Waals surface area (Å²) >= 11 is 0. The average Bonchev–Trinajstić information content (AvgIpc) is 2.93. The van der Waals surface area contributed by atoms with Gasteiger partial charge in [0.05, 0.1) is 14.2 Å². The van der Waals surface area contributed by atoms with Crippen LogP contribution in [-0.2, 0) is 11.2 Å². The van der Waals surface area contributed by atoms with E-state index in [0.717, 1.165) is 22.4 Å². The van der Waals surface area contributed by atoms with E-state index in [9.17, 15) is 9.59 Å². The van der Waals surface area contributed by atoms with Gasteiger partial charge in [-0.3, -0.25) is 9.59 Å². The number of carbonyl (C=O) groups excluding carboxylic acids is 2. The van der Waals surface area contributed by atoms with Gasteiger partial charge in [-0.15, -0.1) is 0 Å². The number of rotatable bonds is 9. The molecule has 3 aromatic carbocycles. The van der Waals surface area contributed by atoms with E-state index < -0.39 is 5.91 Å². The zero-order valence-electron chi connectivity index (χ0n) is 21.1. The molecule has 1 atom stereocenters. The van der Waals surface area contributed by atoms with Crippen molar-refractivity contribution in [2.75, 3.05) is 20.8 Å². The molecule has 0 radical (unpaired) electrons. The molecular weight excluding hydrogens is 468 g/mol. The second-order valence-electron chi connectivity index (χ2n) is 8.52. The van der Waals surface area contributed by atoms with Crippen molar-refractivity contribution in [3.63, 3.8) is 0 Å². The first kappa shape index (κ1) is 25.6. The highest BCUT2D eigenvalue weighted by atomic mass is 16.5. The zero-order chi connectivity index (χ0) is 26.2. The van der Waals surface area contributed by atoms with Gasteiger partial charge >= 0.3 is 0 Å². The maximum absolute atomic E-state index is 13.2. The fourth-order valence-electron chi connectivity index (χ4n) is 3.98. The van der Waals surface area contributed by atoms with Crippen molar-refractivity contribution < 1.29 is 23.8 Å². The first-order valence-electron chi connectivity index (χ1n) is 12.0. The quantitative estimate of drug-likeness (QED) is 0.423. The lowest BCUT2D eigenvalue weighted by molar-refractivity contribution is -0.117. The molecule has 37 heavy (non-hydrogen) atoms. The second kappa shape index (κ2) is 11.9. The van der Waals surface area contributed by atoms with E-state index in [2.05, 4.69) is 10.6 Å². The second-order valence-corrected chi connectivity index (χ2v) is 8.52. The molecule has 7 heteroatoms. The summed E-state index contributed by atoms with van der Waals surface area (Å²) in [4.78, 5) is 26.1. The number of nitrogens with one attached hydrogen (secondary N) is 2. The van der Waals surface area contributed by atoms with Gasteiger partial charge in [0.25, 0.3) is 11.8 Å². The van der Waals surface area contributed by atoms with Gasteiger partial charge in [0.2, 0.25) is 0 Å². The number of hydrogen-bond donors (Lipinski definition) is 2. The molecule has 1 aliphatic heterocycles. The molecule has 0 unspecified atom stereocenters. The molecule has 1 aliphatic rings. The monoisotopic (exact) mass is 498 g/mol. The molecule has 0 bridgehead atoms. The minimum atomic E-state index is -0.392. The third-order valence-corrected chi connectivity index (χ3v) is 6.00. The summed E-state index contributed by atoms with van der Waals surface area (Å²) in [5.74, 6) is 1.29. The molecule has 0 saturated heterocycles. The first-order chi connectivity index (χ1) is 18.0. The molecular formula is C30H30N2O5. The fraction of sp³-hybridized carbons (Fsp3) is 0.200. The number of amides is 2. The molecule has 0 aliphatic carbocycles. The van der Waals surface area contributed by atoms with Gasteiger partial charge in [0.1, 0.15) is 17.6 Å². The van der Waals surface area contributed by atoms with Gasteiger partial charge in [0.15, 0.2) is 11.5 Å². The number of hydrogen-bond acceptors (Lipinski definition) is 5. The Bertz CT molecular complexity index is 1330. The maximum atomic E-state index is 13.2. The molecule has 0 saturated carbocycles. The lowest BCUT2D eigenvalue weighted by atomic mass is 10.0. The SMILES string of the molecule is COc1ccc(CCNC(=O)/C(=C/C2=Cc3ccccc3O[C@@H]2C)NC(=O)c2ccccc2)cc1OC. The van der Waals surface area contributed by atoms with Crippen LogP contribution in [-0.4, -0.2) is 38.7 Å². The Morgan fingerprint density at radius 3 is 2.43 bits per heavy atom. The predicted molar refractivity (Wildman–Crippen MR) is 143 cm³/mol. The number of benzene rings is 3. The van der Waals surface area contributed by atoms with E-state index in [0.29, 0.717) is 30.0 Å². The molecule has 0 spiro atoms. The van der Waals surface area contributed by atoms with Gasteiger partial charge in [-0.1, -0.05) is 42.5 Å². The van der Waals surface area contributed by atoms with Crippen LogP contribution < -0.4 is 24.8 Å². The minimum absolute atomic E-state index is 0.141. The zero-order valence-corrected chi connectivity index (χ0v) is 21.1. The van der Waals surface area contributed by atoms with E-state index in [-0.39, 0.29) is 17.7 Å². The van der Waals surface area contributed by atoms with Crippen molar-refractivity contribution in [3.8, 4) is 17.2 Å². The van der Waals surface area contributed by atoms with Gasteiger partial charge in [-0.25, -0.2) is 0 Å². The van der Waals surface area contributed by atoms with Crippen LogP contribution in [0.2, 0.25) is 0 Å². The summed E-state index contributed by atoms with van der Waals surface area (Å²) in [6.07, 6.45) is 3.92. The van der Waals surface area contributed by atoms with Crippen molar-refractivity contribution in [1.29, 1.82) is 0 Å². The normalized spacial score (nSPS) is 14.5. The number of para-hydroxylation sites is 1. The summed E-state index contributed by atoms with van der Waals surface area (Å²) in [6, 6.07) is 22.1. The van der Waals surface area contributed by atoms with Gasteiger partial charge in [0, 0.05) is 17.7 Å². The average molecular weight is 499 g/mol. The third-order valence-electron chi connectivity index (χ3n) is 6.00. The van der Waals surface area contributed by atoms with E-state index in [1.807, 2.05) is 61.5 Å². The van der Waals surface area contributed by atoms with Crippen molar-refractivity contribution in [1.82, 2.24) is 10.6 Å². The van der Waals surface area contributed by atoms with Gasteiger partial charge in [-0.2, -0.15) is 0 Å². The van der Waals surface area contributed by atoms with Gasteiger partial charge in [-0.05, 0) is 67.0 Å². The topological polar surface area (TPSA) is 85.9 Å². The summed E-state index contributed by atoms with van der Waals surface area (Å²) in [6.45, 7) is 2.27. The predicted octanol–water partition coefficient (Wildman–Crippen LogP) is 4.54. The van der Waals surface area contributed by atoms with Crippen molar-refractivity contribution in [3.05, 3.63) is 107 Å². The third kappa shape index (κ3) is 6.38. The van der Waals surface area contributed by atoms with Crippen LogP contribution >= 0.6 is 0 Å². The Hall–Kier alpha value is -4.52. The van der Waals surface area contributed by atoms with Gasteiger partial charge < -0.3 is 24.8 Å². The highest BCUT2D eigenvalue weighted by molar-refractivity contribution is 6.03. The number of methoxy groups -OCH3 is 2. The molecule has 1 heterocycles. The molecule has 190 valence electrons. The van der Waals surface area contributed by atoms with Crippen LogP contribution in [0, 0.1) is 0 Å². The minimum Gasteiger partial charge on any atom is -0.493 e. The Kier molecular flexibility index (Phi) is 8.26. The van der Waals surface area contributed by atoms with Crippen LogP contribution in [0.3, 0.4) is 0 Å². The largest absolute Gasteiger partial charge is 0.493 e. The smallest absolute Gasteiger partial charge is 0.267 e.